The molecule has 0 saturated heterocycles. The van der Waals surface area contributed by atoms with Crippen molar-refractivity contribution in [2.45, 2.75) is 6.61 Å². The summed E-state index contributed by atoms with van der Waals surface area (Å²) in [5.41, 5.74) is 3.89. The standard InChI is InChI=1S/C27H18N2O/c28-17-20-11-13-22(14-12-20)25(18-29)15-21-5-3-9-26(16-21)30-19-24-8-4-7-23-6-1-2-10-27(23)24/h1-16H,19H2. The fourth-order valence-electron chi connectivity index (χ4n) is 3.34. The molecule has 0 aliphatic rings. The predicted octanol–water partition coefficient (Wildman–Crippen LogP) is 6.35. The Balaban J connectivity index is 1.55. The summed E-state index contributed by atoms with van der Waals surface area (Å²) in [5.74, 6) is 0.744. The molecule has 0 aliphatic heterocycles. The smallest absolute Gasteiger partial charge is 0.120 e. The van der Waals surface area contributed by atoms with Crippen LogP contribution >= 0.6 is 0 Å². The second-order valence-electron chi connectivity index (χ2n) is 6.86. The zero-order valence-corrected chi connectivity index (χ0v) is 16.2. The van der Waals surface area contributed by atoms with Crippen molar-refractivity contribution in [3.8, 4) is 17.9 Å². The first-order valence-electron chi connectivity index (χ1n) is 9.59. The number of ether oxygens (including phenoxy) is 1. The molecule has 3 nitrogen and oxygen atoms in total. The van der Waals surface area contributed by atoms with E-state index in [-0.39, 0.29) is 0 Å². The van der Waals surface area contributed by atoms with E-state index in [2.05, 4.69) is 36.4 Å². The van der Waals surface area contributed by atoms with Crippen LogP contribution in [-0.2, 0) is 6.61 Å². The number of fused-ring (bicyclic) bond motifs is 1. The average Bonchev–Trinajstić information content (AvgIpc) is 2.81. The summed E-state index contributed by atoms with van der Waals surface area (Å²) in [6.45, 7) is 0.468. The number of allylic oxidation sites excluding steroid dienone is 1. The molecule has 0 heterocycles. The molecule has 0 N–H and O–H groups in total. The second kappa shape index (κ2) is 8.78. The van der Waals surface area contributed by atoms with Gasteiger partial charge in [0.25, 0.3) is 0 Å². The van der Waals surface area contributed by atoms with Gasteiger partial charge in [0, 0.05) is 0 Å². The van der Waals surface area contributed by atoms with E-state index < -0.39 is 0 Å². The van der Waals surface area contributed by atoms with Crippen molar-refractivity contribution >= 4 is 22.4 Å². The van der Waals surface area contributed by atoms with Gasteiger partial charge in [0.2, 0.25) is 0 Å². The van der Waals surface area contributed by atoms with Gasteiger partial charge in [-0.3, -0.25) is 0 Å². The number of hydrogen-bond acceptors (Lipinski definition) is 3. The van der Waals surface area contributed by atoms with Gasteiger partial charge >= 0.3 is 0 Å². The summed E-state index contributed by atoms with van der Waals surface area (Å²) in [6.07, 6.45) is 1.83. The summed E-state index contributed by atoms with van der Waals surface area (Å²) in [5, 5.41) is 20.9. The van der Waals surface area contributed by atoms with Crippen molar-refractivity contribution in [3.05, 3.63) is 113 Å². The molecule has 4 rings (SSSR count). The topological polar surface area (TPSA) is 56.8 Å². The largest absolute Gasteiger partial charge is 0.489 e. The highest BCUT2D eigenvalue weighted by Crippen LogP contribution is 2.23. The lowest BCUT2D eigenvalue weighted by atomic mass is 10.0. The zero-order chi connectivity index (χ0) is 20.8. The van der Waals surface area contributed by atoms with Crippen LogP contribution in [0.15, 0.2) is 91.0 Å². The van der Waals surface area contributed by atoms with Gasteiger partial charge in [-0.1, -0.05) is 66.7 Å². The Labute approximate surface area is 175 Å². The lowest BCUT2D eigenvalue weighted by Crippen LogP contribution is -1.96. The molecule has 142 valence electrons. The maximum atomic E-state index is 9.57. The molecule has 0 atom stereocenters. The molecule has 0 aromatic heterocycles. The fraction of sp³-hybridized carbons (Fsp3) is 0.0370. The van der Waals surface area contributed by atoms with E-state index >= 15 is 0 Å². The number of rotatable bonds is 5. The minimum absolute atomic E-state index is 0.468. The Hall–Kier alpha value is -4.34. The van der Waals surface area contributed by atoms with Gasteiger partial charge in [-0.25, -0.2) is 0 Å². The van der Waals surface area contributed by atoms with Gasteiger partial charge in [0.15, 0.2) is 0 Å². The van der Waals surface area contributed by atoms with Crippen molar-refractivity contribution in [2.75, 3.05) is 0 Å². The Kier molecular flexibility index (Phi) is 5.56. The van der Waals surface area contributed by atoms with E-state index in [0.717, 1.165) is 22.4 Å². The number of nitriles is 2. The van der Waals surface area contributed by atoms with Crippen LogP contribution in [-0.4, -0.2) is 0 Å². The lowest BCUT2D eigenvalue weighted by Gasteiger charge is -2.10. The number of hydrogen-bond donors (Lipinski definition) is 0. The Bertz CT molecular complexity index is 1300. The average molecular weight is 386 g/mol. The van der Waals surface area contributed by atoms with Crippen LogP contribution in [0.5, 0.6) is 5.75 Å². The monoisotopic (exact) mass is 386 g/mol. The maximum absolute atomic E-state index is 9.57. The van der Waals surface area contributed by atoms with Gasteiger partial charge in [-0.2, -0.15) is 10.5 Å². The minimum atomic E-state index is 0.468. The Morgan fingerprint density at radius 3 is 2.40 bits per heavy atom. The molecule has 0 aliphatic carbocycles. The summed E-state index contributed by atoms with van der Waals surface area (Å²) < 4.78 is 6.04. The van der Waals surface area contributed by atoms with E-state index in [1.54, 1.807) is 24.3 Å². The normalized spacial score (nSPS) is 10.9. The zero-order valence-electron chi connectivity index (χ0n) is 16.2. The molecule has 0 spiro atoms. The van der Waals surface area contributed by atoms with Crippen molar-refractivity contribution in [2.24, 2.45) is 0 Å². The molecule has 0 amide bonds. The predicted molar refractivity (Wildman–Crippen MR) is 119 cm³/mol. The Morgan fingerprint density at radius 1 is 0.833 bits per heavy atom. The maximum Gasteiger partial charge on any atom is 0.120 e. The molecular formula is C27H18N2O. The van der Waals surface area contributed by atoms with Gasteiger partial charge in [0.05, 0.1) is 23.3 Å². The lowest BCUT2D eigenvalue weighted by molar-refractivity contribution is 0.307. The van der Waals surface area contributed by atoms with Crippen LogP contribution in [0.25, 0.3) is 22.4 Å². The molecular weight excluding hydrogens is 368 g/mol. The van der Waals surface area contributed by atoms with Crippen LogP contribution in [0.4, 0.5) is 0 Å². The Morgan fingerprint density at radius 2 is 1.60 bits per heavy atom. The van der Waals surface area contributed by atoms with E-state index in [1.807, 2.05) is 48.5 Å². The van der Waals surface area contributed by atoms with E-state index in [0.29, 0.717) is 17.7 Å². The van der Waals surface area contributed by atoms with Crippen molar-refractivity contribution in [1.29, 1.82) is 10.5 Å². The van der Waals surface area contributed by atoms with Gasteiger partial charge < -0.3 is 4.74 Å². The van der Waals surface area contributed by atoms with Gasteiger partial charge in [0.1, 0.15) is 12.4 Å². The SMILES string of the molecule is N#CC(=Cc1cccc(OCc2cccc3ccccc23)c1)c1ccc(C#N)cc1. The summed E-state index contributed by atoms with van der Waals surface area (Å²) in [6, 6.07) is 33.5. The van der Waals surface area contributed by atoms with Crippen LogP contribution < -0.4 is 4.74 Å². The summed E-state index contributed by atoms with van der Waals surface area (Å²) in [4.78, 5) is 0. The highest BCUT2D eigenvalue weighted by molar-refractivity contribution is 5.90. The molecule has 0 saturated carbocycles. The molecule has 0 radical (unpaired) electrons. The third-order valence-corrected chi connectivity index (χ3v) is 4.89. The molecule has 30 heavy (non-hydrogen) atoms. The number of nitrogens with zero attached hydrogens (tertiary/aromatic N) is 2. The summed E-state index contributed by atoms with van der Waals surface area (Å²) in [7, 11) is 0. The van der Waals surface area contributed by atoms with Crippen LogP contribution in [0.2, 0.25) is 0 Å². The second-order valence-corrected chi connectivity index (χ2v) is 6.86. The van der Waals surface area contributed by atoms with Gasteiger partial charge in [-0.05, 0) is 57.8 Å². The van der Waals surface area contributed by atoms with Crippen LogP contribution in [0.1, 0.15) is 22.3 Å². The molecule has 0 bridgehead atoms. The van der Waals surface area contributed by atoms with Crippen LogP contribution in [0, 0.1) is 22.7 Å². The fourth-order valence-corrected chi connectivity index (χ4v) is 3.34. The highest BCUT2D eigenvalue weighted by atomic mass is 16.5. The van der Waals surface area contributed by atoms with E-state index in [1.165, 1.54) is 10.8 Å². The molecule has 4 aromatic rings. The van der Waals surface area contributed by atoms with Crippen molar-refractivity contribution in [3.63, 3.8) is 0 Å². The van der Waals surface area contributed by atoms with Crippen molar-refractivity contribution in [1.82, 2.24) is 0 Å². The van der Waals surface area contributed by atoms with Crippen LogP contribution in [0.3, 0.4) is 0 Å². The first-order chi connectivity index (χ1) is 14.8. The molecule has 4 aromatic carbocycles. The molecule has 3 heteroatoms. The molecule has 0 unspecified atom stereocenters. The molecule has 0 fully saturated rings. The van der Waals surface area contributed by atoms with Crippen molar-refractivity contribution < 1.29 is 4.74 Å². The van der Waals surface area contributed by atoms with Gasteiger partial charge in [-0.15, -0.1) is 0 Å². The quantitative estimate of drug-likeness (QED) is 0.296. The third kappa shape index (κ3) is 4.22. The first-order valence-corrected chi connectivity index (χ1v) is 9.59. The number of benzene rings is 4. The highest BCUT2D eigenvalue weighted by Gasteiger charge is 2.04. The summed E-state index contributed by atoms with van der Waals surface area (Å²) >= 11 is 0. The van der Waals surface area contributed by atoms with E-state index in [4.69, 9.17) is 10.00 Å². The minimum Gasteiger partial charge on any atom is -0.489 e. The van der Waals surface area contributed by atoms with E-state index in [9.17, 15) is 5.26 Å². The third-order valence-electron chi connectivity index (χ3n) is 4.89. The first kappa shape index (κ1) is 19.0.